The second-order valence-corrected chi connectivity index (χ2v) is 4.88. The minimum Gasteiger partial charge on any atom is -0.352 e. The molecule has 6 heteroatoms. The number of hydrogen-bond acceptors (Lipinski definition) is 2. The summed E-state index contributed by atoms with van der Waals surface area (Å²) >= 11 is 0. The average molecular weight is 302 g/mol. The molecule has 0 saturated carbocycles. The van der Waals surface area contributed by atoms with Crippen LogP contribution < -0.4 is 10.6 Å². The molecule has 1 aromatic carbocycles. The normalized spacial score (nSPS) is 11.7. The Kier molecular flexibility index (Phi) is 6.68. The second kappa shape index (κ2) is 8.02. The van der Waals surface area contributed by atoms with Crippen molar-refractivity contribution >= 4 is 5.91 Å². The fourth-order valence-electron chi connectivity index (χ4n) is 1.90. The monoisotopic (exact) mass is 302 g/mol. The summed E-state index contributed by atoms with van der Waals surface area (Å²) in [5.41, 5.74) is 0.0380. The highest BCUT2D eigenvalue weighted by Gasteiger charge is 2.29. The summed E-state index contributed by atoms with van der Waals surface area (Å²) in [5.74, 6) is -0.101. The number of hydrogen-bond donors (Lipinski definition) is 2. The van der Waals surface area contributed by atoms with Gasteiger partial charge in [0.15, 0.2) is 0 Å². The van der Waals surface area contributed by atoms with E-state index in [-0.39, 0.29) is 18.5 Å². The van der Waals surface area contributed by atoms with E-state index in [1.165, 1.54) is 12.1 Å². The molecule has 0 radical (unpaired) electrons. The summed E-state index contributed by atoms with van der Waals surface area (Å²) in [5, 5.41) is 5.80. The lowest BCUT2D eigenvalue weighted by Crippen LogP contribution is -2.39. The van der Waals surface area contributed by atoms with E-state index < -0.39 is 11.7 Å². The fourth-order valence-corrected chi connectivity index (χ4v) is 1.90. The molecule has 1 aromatic rings. The minimum atomic E-state index is -4.32. The molecule has 0 atom stereocenters. The van der Waals surface area contributed by atoms with Gasteiger partial charge in [0.1, 0.15) is 0 Å². The predicted octanol–water partition coefficient (Wildman–Crippen LogP) is 3.10. The van der Waals surface area contributed by atoms with Gasteiger partial charge in [-0.3, -0.25) is 4.79 Å². The number of alkyl halides is 3. The average Bonchev–Trinajstić information content (AvgIpc) is 2.44. The lowest BCUT2D eigenvalue weighted by Gasteiger charge is -2.15. The summed E-state index contributed by atoms with van der Waals surface area (Å²) in [7, 11) is 0. The van der Waals surface area contributed by atoms with Crippen molar-refractivity contribution in [3.8, 4) is 0 Å². The Morgan fingerprint density at radius 3 is 2.19 bits per heavy atom. The van der Waals surface area contributed by atoms with Gasteiger partial charge in [0.2, 0.25) is 5.91 Å². The van der Waals surface area contributed by atoms with Crippen LogP contribution in [-0.4, -0.2) is 18.5 Å². The first-order valence-corrected chi connectivity index (χ1v) is 7.03. The van der Waals surface area contributed by atoms with Crippen molar-refractivity contribution in [1.82, 2.24) is 10.6 Å². The molecule has 0 aliphatic rings. The fraction of sp³-hybridized carbons (Fsp3) is 0.533. The predicted molar refractivity (Wildman–Crippen MR) is 75.7 cm³/mol. The molecule has 0 saturated heterocycles. The largest absolute Gasteiger partial charge is 0.416 e. The topological polar surface area (TPSA) is 41.1 Å². The number of carbonyl (C=O) groups is 1. The Hall–Kier alpha value is -1.56. The first kappa shape index (κ1) is 17.5. The summed E-state index contributed by atoms with van der Waals surface area (Å²) in [4.78, 5) is 11.6. The van der Waals surface area contributed by atoms with Crippen molar-refractivity contribution in [2.24, 2.45) is 0 Å². The summed E-state index contributed by atoms with van der Waals surface area (Å²) in [6.07, 6.45) is -2.57. The van der Waals surface area contributed by atoms with Gasteiger partial charge in [-0.15, -0.1) is 0 Å². The Morgan fingerprint density at radius 1 is 1.14 bits per heavy atom. The van der Waals surface area contributed by atoms with E-state index in [4.69, 9.17) is 0 Å². The van der Waals surface area contributed by atoms with Gasteiger partial charge in [-0.2, -0.15) is 13.2 Å². The first-order chi connectivity index (χ1) is 9.86. The lowest BCUT2D eigenvalue weighted by atomic mass is 10.1. The van der Waals surface area contributed by atoms with Crippen LogP contribution in [0.5, 0.6) is 0 Å². The Labute approximate surface area is 122 Å². The zero-order valence-electron chi connectivity index (χ0n) is 12.3. The molecule has 0 unspecified atom stereocenters. The van der Waals surface area contributed by atoms with Crippen molar-refractivity contribution in [2.45, 2.75) is 45.5 Å². The summed E-state index contributed by atoms with van der Waals surface area (Å²) in [6.45, 7) is 4.51. The van der Waals surface area contributed by atoms with Gasteiger partial charge < -0.3 is 10.6 Å². The SMILES string of the molecule is CCC(CC)NC(=O)CNCc1ccc(C(F)(F)F)cc1. The van der Waals surface area contributed by atoms with Gasteiger partial charge in [-0.05, 0) is 30.5 Å². The molecule has 3 nitrogen and oxygen atoms in total. The third-order valence-corrected chi connectivity index (χ3v) is 3.25. The molecule has 0 spiro atoms. The maximum Gasteiger partial charge on any atom is 0.416 e. The van der Waals surface area contributed by atoms with E-state index in [2.05, 4.69) is 10.6 Å². The zero-order valence-corrected chi connectivity index (χ0v) is 12.3. The number of benzene rings is 1. The van der Waals surface area contributed by atoms with E-state index in [9.17, 15) is 18.0 Å². The number of halogens is 3. The molecular weight excluding hydrogens is 281 g/mol. The molecule has 0 heterocycles. The molecule has 21 heavy (non-hydrogen) atoms. The number of amides is 1. The molecule has 1 amide bonds. The molecular formula is C15H21F3N2O. The smallest absolute Gasteiger partial charge is 0.352 e. The van der Waals surface area contributed by atoms with Gasteiger partial charge in [-0.1, -0.05) is 26.0 Å². The van der Waals surface area contributed by atoms with Crippen LogP contribution in [0.25, 0.3) is 0 Å². The van der Waals surface area contributed by atoms with E-state index >= 15 is 0 Å². The van der Waals surface area contributed by atoms with Crippen molar-refractivity contribution in [1.29, 1.82) is 0 Å². The molecule has 1 rings (SSSR count). The molecule has 0 bridgehead atoms. The van der Waals surface area contributed by atoms with Crippen molar-refractivity contribution in [3.05, 3.63) is 35.4 Å². The van der Waals surface area contributed by atoms with E-state index in [0.29, 0.717) is 12.1 Å². The molecule has 0 aromatic heterocycles. The highest BCUT2D eigenvalue weighted by atomic mass is 19.4. The second-order valence-electron chi connectivity index (χ2n) is 4.88. The third kappa shape index (κ3) is 6.16. The van der Waals surface area contributed by atoms with E-state index in [1.54, 1.807) is 0 Å². The summed E-state index contributed by atoms with van der Waals surface area (Å²) < 4.78 is 37.2. The van der Waals surface area contributed by atoms with E-state index in [1.807, 2.05) is 13.8 Å². The first-order valence-electron chi connectivity index (χ1n) is 7.03. The summed E-state index contributed by atoms with van der Waals surface area (Å²) in [6, 6.07) is 5.08. The quantitative estimate of drug-likeness (QED) is 0.812. The number of rotatable bonds is 7. The van der Waals surface area contributed by atoms with Crippen molar-refractivity contribution in [3.63, 3.8) is 0 Å². The highest BCUT2D eigenvalue weighted by Crippen LogP contribution is 2.28. The van der Waals surface area contributed by atoms with Crippen molar-refractivity contribution < 1.29 is 18.0 Å². The van der Waals surface area contributed by atoms with Crippen LogP contribution in [0.4, 0.5) is 13.2 Å². The molecule has 2 N–H and O–H groups in total. The van der Waals surface area contributed by atoms with Crippen LogP contribution in [0, 0.1) is 0 Å². The van der Waals surface area contributed by atoms with Crippen LogP contribution in [0.1, 0.15) is 37.8 Å². The van der Waals surface area contributed by atoms with Crippen LogP contribution in [-0.2, 0) is 17.5 Å². The lowest BCUT2D eigenvalue weighted by molar-refractivity contribution is -0.137. The number of carbonyl (C=O) groups excluding carboxylic acids is 1. The van der Waals surface area contributed by atoms with Gasteiger partial charge in [0.05, 0.1) is 12.1 Å². The van der Waals surface area contributed by atoms with E-state index in [0.717, 1.165) is 25.0 Å². The third-order valence-electron chi connectivity index (χ3n) is 3.25. The number of nitrogens with one attached hydrogen (secondary N) is 2. The highest BCUT2D eigenvalue weighted by molar-refractivity contribution is 5.78. The van der Waals surface area contributed by atoms with Crippen molar-refractivity contribution in [2.75, 3.05) is 6.54 Å². The standard InChI is InChI=1S/C15H21F3N2O/c1-3-13(4-2)20-14(21)10-19-9-11-5-7-12(8-6-11)15(16,17)18/h5-8,13,19H,3-4,9-10H2,1-2H3,(H,20,21). The van der Waals surface area contributed by atoms with Crippen LogP contribution in [0.15, 0.2) is 24.3 Å². The van der Waals surface area contributed by atoms with Crippen LogP contribution in [0.2, 0.25) is 0 Å². The Balaban J connectivity index is 2.37. The molecule has 0 fully saturated rings. The van der Waals surface area contributed by atoms with Gasteiger partial charge in [-0.25, -0.2) is 0 Å². The van der Waals surface area contributed by atoms with Gasteiger partial charge in [0, 0.05) is 12.6 Å². The van der Waals surface area contributed by atoms with Crippen LogP contribution >= 0.6 is 0 Å². The maximum absolute atomic E-state index is 12.4. The minimum absolute atomic E-state index is 0.101. The molecule has 118 valence electrons. The van der Waals surface area contributed by atoms with Crippen LogP contribution in [0.3, 0.4) is 0 Å². The Morgan fingerprint density at radius 2 is 1.71 bits per heavy atom. The van der Waals surface area contributed by atoms with Gasteiger partial charge in [0.25, 0.3) is 0 Å². The van der Waals surface area contributed by atoms with Gasteiger partial charge >= 0.3 is 6.18 Å². The maximum atomic E-state index is 12.4. The Bertz CT molecular complexity index is 439. The molecule has 0 aliphatic heterocycles. The zero-order chi connectivity index (χ0) is 15.9. The molecule has 0 aliphatic carbocycles.